The van der Waals surface area contributed by atoms with Gasteiger partial charge in [0.15, 0.2) is 9.93 Å². The Morgan fingerprint density at radius 1 is 1.20 bits per heavy atom. The molecule has 4 nitrogen and oxygen atoms in total. The van der Waals surface area contributed by atoms with Gasteiger partial charge < -0.3 is 0 Å². The van der Waals surface area contributed by atoms with Gasteiger partial charge in [-0.05, 0) is 29.8 Å². The molecule has 0 saturated heterocycles. The van der Waals surface area contributed by atoms with Crippen molar-refractivity contribution in [2.45, 2.75) is 5.03 Å². The number of aromatic nitrogens is 1. The van der Waals surface area contributed by atoms with Crippen LogP contribution >= 0.6 is 11.6 Å². The smallest absolute Gasteiger partial charge is 0.233 e. The number of allylic oxidation sites excluding steroid dienone is 1. The summed E-state index contributed by atoms with van der Waals surface area (Å²) >= 11 is 5.96. The van der Waals surface area contributed by atoms with Gasteiger partial charge in [-0.15, -0.1) is 0 Å². The Balaban J connectivity index is 2.55. The number of benzene rings is 1. The van der Waals surface area contributed by atoms with E-state index in [1.807, 2.05) is 0 Å². The van der Waals surface area contributed by atoms with Gasteiger partial charge in [-0.3, -0.25) is 0 Å². The summed E-state index contributed by atoms with van der Waals surface area (Å²) in [6.07, 6.45) is 2.60. The van der Waals surface area contributed by atoms with E-state index in [-0.39, 0.29) is 5.03 Å². The standard InChI is InChI=1S/C14H9ClN2O2S/c15-13-6-2-1-5-11(13)9-12(10-16)20(18,19)14-7-3-4-8-17-14/h1-9H. The largest absolute Gasteiger partial charge is 0.244 e. The molecule has 0 fully saturated rings. The highest BCUT2D eigenvalue weighted by molar-refractivity contribution is 7.95. The van der Waals surface area contributed by atoms with Crippen molar-refractivity contribution < 1.29 is 8.42 Å². The fourth-order valence-electron chi connectivity index (χ4n) is 1.52. The summed E-state index contributed by atoms with van der Waals surface area (Å²) in [5.41, 5.74) is 0.463. The molecule has 0 aliphatic heterocycles. The van der Waals surface area contributed by atoms with Gasteiger partial charge in [0.05, 0.1) is 0 Å². The Kier molecular flexibility index (Phi) is 4.18. The summed E-state index contributed by atoms with van der Waals surface area (Å²) in [5.74, 6) is 0. The van der Waals surface area contributed by atoms with Crippen LogP contribution in [0.5, 0.6) is 0 Å². The van der Waals surface area contributed by atoms with Crippen molar-refractivity contribution in [1.29, 1.82) is 5.26 Å². The summed E-state index contributed by atoms with van der Waals surface area (Å²) < 4.78 is 24.6. The first kappa shape index (κ1) is 14.3. The molecule has 1 heterocycles. The second kappa shape index (κ2) is 5.87. The molecule has 100 valence electrons. The Hall–Kier alpha value is -2.16. The third-order valence-corrected chi connectivity index (χ3v) is 4.43. The first-order valence-electron chi connectivity index (χ1n) is 5.58. The fourth-order valence-corrected chi connectivity index (χ4v) is 2.80. The van der Waals surface area contributed by atoms with Gasteiger partial charge in [-0.1, -0.05) is 35.9 Å². The van der Waals surface area contributed by atoms with Crippen LogP contribution in [0, 0.1) is 11.3 Å². The van der Waals surface area contributed by atoms with E-state index in [1.54, 1.807) is 42.5 Å². The van der Waals surface area contributed by atoms with Crippen LogP contribution in [0.4, 0.5) is 0 Å². The molecule has 0 aliphatic carbocycles. The first-order valence-corrected chi connectivity index (χ1v) is 7.44. The quantitative estimate of drug-likeness (QED) is 0.817. The highest BCUT2D eigenvalue weighted by Gasteiger charge is 2.22. The second-order valence-electron chi connectivity index (χ2n) is 3.81. The molecule has 1 aromatic heterocycles. The minimum Gasteiger partial charge on any atom is -0.244 e. The predicted octanol–water partition coefficient (Wildman–Crippen LogP) is 3.07. The van der Waals surface area contributed by atoms with E-state index in [1.165, 1.54) is 18.3 Å². The van der Waals surface area contributed by atoms with Crippen LogP contribution in [-0.2, 0) is 9.84 Å². The summed E-state index contributed by atoms with van der Waals surface area (Å²) in [4.78, 5) is 3.37. The molecule has 0 amide bonds. The topological polar surface area (TPSA) is 70.8 Å². The Morgan fingerprint density at radius 2 is 1.90 bits per heavy atom. The number of halogens is 1. The zero-order chi connectivity index (χ0) is 14.6. The van der Waals surface area contributed by atoms with Crippen molar-refractivity contribution >= 4 is 27.5 Å². The van der Waals surface area contributed by atoms with Crippen molar-refractivity contribution in [2.75, 3.05) is 0 Å². The maximum absolute atomic E-state index is 12.3. The monoisotopic (exact) mass is 304 g/mol. The molecule has 0 aliphatic rings. The van der Waals surface area contributed by atoms with Crippen LogP contribution in [0.3, 0.4) is 0 Å². The molecule has 0 bridgehead atoms. The van der Waals surface area contributed by atoms with E-state index >= 15 is 0 Å². The minimum atomic E-state index is -3.94. The summed E-state index contributed by atoms with van der Waals surface area (Å²) in [7, 11) is -3.94. The summed E-state index contributed by atoms with van der Waals surface area (Å²) in [6.45, 7) is 0. The van der Waals surface area contributed by atoms with Crippen LogP contribution in [-0.4, -0.2) is 13.4 Å². The lowest BCUT2D eigenvalue weighted by Crippen LogP contribution is -2.05. The normalized spacial score (nSPS) is 11.9. The van der Waals surface area contributed by atoms with Crippen molar-refractivity contribution in [3.8, 4) is 6.07 Å². The Bertz CT molecular complexity index is 793. The zero-order valence-electron chi connectivity index (χ0n) is 10.2. The van der Waals surface area contributed by atoms with Crippen LogP contribution in [0.15, 0.2) is 58.6 Å². The lowest BCUT2D eigenvalue weighted by atomic mass is 10.2. The SMILES string of the molecule is N#CC(=Cc1ccccc1Cl)S(=O)(=O)c1ccccn1. The molecule has 6 heteroatoms. The minimum absolute atomic E-state index is 0.167. The maximum Gasteiger partial charge on any atom is 0.233 e. The lowest BCUT2D eigenvalue weighted by Gasteiger charge is -2.02. The summed E-state index contributed by atoms with van der Waals surface area (Å²) in [5, 5.41) is 9.31. The van der Waals surface area contributed by atoms with Crippen molar-refractivity contribution in [1.82, 2.24) is 4.98 Å². The van der Waals surface area contributed by atoms with E-state index in [0.717, 1.165) is 0 Å². The molecule has 0 N–H and O–H groups in total. The third kappa shape index (κ3) is 2.87. The number of hydrogen-bond acceptors (Lipinski definition) is 4. The van der Waals surface area contributed by atoms with Gasteiger partial charge in [-0.25, -0.2) is 13.4 Å². The van der Waals surface area contributed by atoms with E-state index in [4.69, 9.17) is 16.9 Å². The van der Waals surface area contributed by atoms with E-state index < -0.39 is 14.7 Å². The average Bonchev–Trinajstić information content (AvgIpc) is 2.47. The van der Waals surface area contributed by atoms with Crippen molar-refractivity contribution in [3.05, 3.63) is 64.2 Å². The second-order valence-corrected chi connectivity index (χ2v) is 6.09. The van der Waals surface area contributed by atoms with Gasteiger partial charge >= 0.3 is 0 Å². The number of hydrogen-bond donors (Lipinski definition) is 0. The molecule has 1 aromatic carbocycles. The number of rotatable bonds is 3. The van der Waals surface area contributed by atoms with Gasteiger partial charge in [-0.2, -0.15) is 5.26 Å². The number of nitrogens with zero attached hydrogens (tertiary/aromatic N) is 2. The number of nitriles is 1. The Morgan fingerprint density at radius 3 is 2.50 bits per heavy atom. The van der Waals surface area contributed by atoms with Gasteiger partial charge in [0, 0.05) is 11.2 Å². The van der Waals surface area contributed by atoms with Crippen LogP contribution in [0.25, 0.3) is 6.08 Å². The Labute approximate surface area is 121 Å². The molecule has 0 atom stereocenters. The predicted molar refractivity (Wildman–Crippen MR) is 76.5 cm³/mol. The maximum atomic E-state index is 12.3. The lowest BCUT2D eigenvalue weighted by molar-refractivity contribution is 0.600. The van der Waals surface area contributed by atoms with Gasteiger partial charge in [0.1, 0.15) is 6.07 Å². The van der Waals surface area contributed by atoms with E-state index in [2.05, 4.69) is 4.98 Å². The molecular formula is C14H9ClN2O2S. The van der Waals surface area contributed by atoms with Crippen LogP contribution in [0.1, 0.15) is 5.56 Å². The molecule has 20 heavy (non-hydrogen) atoms. The molecule has 0 radical (unpaired) electrons. The first-order chi connectivity index (χ1) is 9.55. The third-order valence-electron chi connectivity index (χ3n) is 2.50. The van der Waals surface area contributed by atoms with Crippen LogP contribution in [0.2, 0.25) is 5.02 Å². The summed E-state index contributed by atoms with van der Waals surface area (Å²) in [6, 6.07) is 12.9. The number of sulfone groups is 1. The van der Waals surface area contributed by atoms with Crippen LogP contribution < -0.4 is 0 Å². The van der Waals surface area contributed by atoms with Gasteiger partial charge in [0.25, 0.3) is 0 Å². The average molecular weight is 305 g/mol. The van der Waals surface area contributed by atoms with E-state index in [0.29, 0.717) is 10.6 Å². The van der Waals surface area contributed by atoms with Gasteiger partial charge in [0.2, 0.25) is 9.84 Å². The fraction of sp³-hybridized carbons (Fsp3) is 0. The van der Waals surface area contributed by atoms with E-state index in [9.17, 15) is 8.42 Å². The highest BCUT2D eigenvalue weighted by Crippen LogP contribution is 2.23. The molecule has 0 unspecified atom stereocenters. The molecule has 2 rings (SSSR count). The molecule has 2 aromatic rings. The van der Waals surface area contributed by atoms with Crippen molar-refractivity contribution in [2.24, 2.45) is 0 Å². The van der Waals surface area contributed by atoms with Crippen molar-refractivity contribution in [3.63, 3.8) is 0 Å². The molecule has 0 spiro atoms. The highest BCUT2D eigenvalue weighted by atomic mass is 35.5. The molecular weight excluding hydrogens is 296 g/mol. The molecule has 0 saturated carbocycles. The number of pyridine rings is 1. The zero-order valence-corrected chi connectivity index (χ0v) is 11.8.